The second-order valence-electron chi connectivity index (χ2n) is 9.47. The van der Waals surface area contributed by atoms with E-state index in [0.717, 1.165) is 24.1 Å². The van der Waals surface area contributed by atoms with Gasteiger partial charge in [-0.3, -0.25) is 10.5 Å². The summed E-state index contributed by atoms with van der Waals surface area (Å²) in [6.07, 6.45) is 2.59. The third-order valence-electron chi connectivity index (χ3n) is 5.89. The molecule has 3 rings (SSSR count). The molecular weight excluding hydrogens is 424 g/mol. The van der Waals surface area contributed by atoms with Gasteiger partial charge in [-0.1, -0.05) is 39.0 Å². The standard InChI is InChI=1S/C17H21NO3.C8H17NO3/c1-3-11-6-5-7-12-13-8-9-21-17(4-2,10-14(19)20)16(13)18-15(11)12;1-5-8(9,11)6(10)12-7(2,3)4/h5-7,18H,3-4,8-10H2,1-2H3,(H,19,20);11H,5,9H2,1-4H3. The maximum absolute atomic E-state index is 11.3. The van der Waals surface area contributed by atoms with E-state index in [9.17, 15) is 19.8 Å². The number of aliphatic carboxylic acids is 1. The predicted molar refractivity (Wildman–Crippen MR) is 127 cm³/mol. The lowest BCUT2D eigenvalue weighted by atomic mass is 9.86. The zero-order valence-corrected chi connectivity index (χ0v) is 20.6. The van der Waals surface area contributed by atoms with Crippen LogP contribution in [0.25, 0.3) is 10.9 Å². The van der Waals surface area contributed by atoms with Crippen LogP contribution in [0, 0.1) is 0 Å². The Hall–Kier alpha value is -2.42. The van der Waals surface area contributed by atoms with Gasteiger partial charge in [0.15, 0.2) is 0 Å². The number of carboxylic acid groups (broad SMARTS) is 1. The van der Waals surface area contributed by atoms with Crippen molar-refractivity contribution in [2.75, 3.05) is 6.61 Å². The van der Waals surface area contributed by atoms with Crippen LogP contribution < -0.4 is 5.73 Å². The fraction of sp³-hybridized carbons (Fsp3) is 0.600. The number of carbonyl (C=O) groups excluding carboxylic acids is 1. The Morgan fingerprint density at radius 1 is 1.24 bits per heavy atom. The fourth-order valence-corrected chi connectivity index (χ4v) is 4.00. The predicted octanol–water partition coefficient (Wildman–Crippen LogP) is 3.77. The summed E-state index contributed by atoms with van der Waals surface area (Å²) in [4.78, 5) is 25.9. The smallest absolute Gasteiger partial charge is 0.353 e. The summed E-state index contributed by atoms with van der Waals surface area (Å²) in [5.41, 5.74) is 6.67. The van der Waals surface area contributed by atoms with E-state index in [4.69, 9.17) is 15.2 Å². The number of hydrogen-bond acceptors (Lipinski definition) is 6. The number of esters is 1. The SMILES string of the molecule is CCC(N)(O)C(=O)OC(C)(C)C.CCc1cccc2c3c([nH]c12)C(CC)(CC(=O)O)OCC3. The van der Waals surface area contributed by atoms with Crippen LogP contribution in [0.5, 0.6) is 0 Å². The highest BCUT2D eigenvalue weighted by Crippen LogP contribution is 2.42. The molecule has 0 spiro atoms. The van der Waals surface area contributed by atoms with E-state index in [0.29, 0.717) is 13.0 Å². The molecule has 1 aromatic heterocycles. The number of nitrogens with one attached hydrogen (secondary N) is 1. The Labute approximate surface area is 195 Å². The van der Waals surface area contributed by atoms with Crippen molar-refractivity contribution in [2.24, 2.45) is 5.73 Å². The number of nitrogens with two attached hydrogens (primary N) is 1. The van der Waals surface area contributed by atoms with Gasteiger partial charge in [0.25, 0.3) is 0 Å². The van der Waals surface area contributed by atoms with E-state index in [2.05, 4.69) is 30.1 Å². The Bertz CT molecular complexity index is 989. The van der Waals surface area contributed by atoms with Gasteiger partial charge in [-0.25, -0.2) is 4.79 Å². The molecule has 33 heavy (non-hydrogen) atoms. The molecule has 0 bridgehead atoms. The van der Waals surface area contributed by atoms with Crippen LogP contribution in [0.15, 0.2) is 18.2 Å². The molecule has 0 saturated carbocycles. The maximum Gasteiger partial charge on any atom is 0.353 e. The molecule has 1 aliphatic heterocycles. The molecule has 0 fully saturated rings. The van der Waals surface area contributed by atoms with Gasteiger partial charge in [-0.05, 0) is 57.6 Å². The summed E-state index contributed by atoms with van der Waals surface area (Å²) in [6, 6.07) is 6.32. The number of rotatable bonds is 6. The van der Waals surface area contributed by atoms with Crippen LogP contribution in [0.4, 0.5) is 0 Å². The van der Waals surface area contributed by atoms with E-state index in [1.807, 2.05) is 6.92 Å². The van der Waals surface area contributed by atoms with E-state index >= 15 is 0 Å². The molecule has 2 aromatic rings. The van der Waals surface area contributed by atoms with E-state index in [1.165, 1.54) is 16.5 Å². The summed E-state index contributed by atoms with van der Waals surface area (Å²) in [5, 5.41) is 19.7. The number of aliphatic hydroxyl groups is 1. The second-order valence-corrected chi connectivity index (χ2v) is 9.47. The van der Waals surface area contributed by atoms with Crippen molar-refractivity contribution in [2.45, 2.75) is 90.6 Å². The highest BCUT2D eigenvalue weighted by atomic mass is 16.6. The molecule has 0 aliphatic carbocycles. The van der Waals surface area contributed by atoms with Gasteiger partial charge in [-0.15, -0.1) is 0 Å². The first-order valence-electron chi connectivity index (χ1n) is 11.5. The largest absolute Gasteiger partial charge is 0.481 e. The van der Waals surface area contributed by atoms with Gasteiger partial charge < -0.3 is 24.7 Å². The third kappa shape index (κ3) is 6.13. The van der Waals surface area contributed by atoms with Crippen LogP contribution in [0.3, 0.4) is 0 Å². The Kier molecular flexibility index (Phi) is 8.32. The zero-order valence-electron chi connectivity index (χ0n) is 20.6. The topological polar surface area (TPSA) is 135 Å². The lowest BCUT2D eigenvalue weighted by molar-refractivity contribution is -0.177. The van der Waals surface area contributed by atoms with E-state index < -0.39 is 28.9 Å². The number of aromatic amines is 1. The number of ether oxygens (including phenoxy) is 2. The highest BCUT2D eigenvalue weighted by molar-refractivity contribution is 5.88. The quantitative estimate of drug-likeness (QED) is 0.379. The minimum atomic E-state index is -1.85. The van der Waals surface area contributed by atoms with Crippen molar-refractivity contribution in [3.8, 4) is 0 Å². The number of aromatic nitrogens is 1. The second kappa shape index (κ2) is 10.2. The molecule has 5 N–H and O–H groups in total. The first-order valence-corrected chi connectivity index (χ1v) is 11.5. The van der Waals surface area contributed by atoms with Crippen molar-refractivity contribution in [3.63, 3.8) is 0 Å². The molecule has 2 unspecified atom stereocenters. The van der Waals surface area contributed by atoms with Gasteiger partial charge in [0.05, 0.1) is 18.7 Å². The first-order chi connectivity index (χ1) is 15.3. The molecule has 2 heterocycles. The van der Waals surface area contributed by atoms with Gasteiger partial charge >= 0.3 is 11.9 Å². The van der Waals surface area contributed by atoms with Crippen LogP contribution in [0.2, 0.25) is 0 Å². The normalized spacial score (nSPS) is 19.8. The number of H-pyrrole nitrogens is 1. The monoisotopic (exact) mass is 462 g/mol. The minimum absolute atomic E-state index is 0.00474. The molecular formula is C25H38N2O6. The van der Waals surface area contributed by atoms with Crippen molar-refractivity contribution < 1.29 is 29.3 Å². The molecule has 184 valence electrons. The lowest BCUT2D eigenvalue weighted by Gasteiger charge is -2.35. The number of hydrogen-bond donors (Lipinski definition) is 4. The summed E-state index contributed by atoms with van der Waals surface area (Å²) < 4.78 is 10.8. The average Bonchev–Trinajstić information content (AvgIpc) is 3.13. The molecule has 0 radical (unpaired) electrons. The lowest BCUT2D eigenvalue weighted by Crippen LogP contribution is -2.50. The molecule has 2 atom stereocenters. The minimum Gasteiger partial charge on any atom is -0.481 e. The Balaban J connectivity index is 0.000000277. The molecule has 1 aromatic carbocycles. The third-order valence-corrected chi connectivity index (χ3v) is 5.89. The van der Waals surface area contributed by atoms with Crippen molar-refractivity contribution >= 4 is 22.8 Å². The van der Waals surface area contributed by atoms with Crippen molar-refractivity contribution in [3.05, 3.63) is 35.0 Å². The zero-order chi connectivity index (χ0) is 25.0. The number of carbonyl (C=O) groups is 2. The van der Waals surface area contributed by atoms with Crippen LogP contribution in [-0.4, -0.2) is 45.1 Å². The van der Waals surface area contributed by atoms with Gasteiger partial charge in [0.2, 0.25) is 5.72 Å². The van der Waals surface area contributed by atoms with Crippen LogP contribution in [-0.2, 0) is 37.5 Å². The summed E-state index contributed by atoms with van der Waals surface area (Å²) >= 11 is 0. The van der Waals surface area contributed by atoms with Crippen LogP contribution in [0.1, 0.15) is 77.6 Å². The van der Waals surface area contributed by atoms with Gasteiger partial charge in [0, 0.05) is 10.9 Å². The Morgan fingerprint density at radius 2 is 1.91 bits per heavy atom. The number of carboxylic acids is 1. The fourth-order valence-electron chi connectivity index (χ4n) is 4.00. The Morgan fingerprint density at radius 3 is 2.42 bits per heavy atom. The first kappa shape index (κ1) is 26.8. The number of aryl methyl sites for hydroxylation is 1. The summed E-state index contributed by atoms with van der Waals surface area (Å²) in [6.45, 7) is 11.5. The number of fused-ring (bicyclic) bond motifs is 3. The van der Waals surface area contributed by atoms with E-state index in [-0.39, 0.29) is 12.8 Å². The molecule has 8 heteroatoms. The highest BCUT2D eigenvalue weighted by Gasteiger charge is 2.41. The number of para-hydroxylation sites is 1. The van der Waals surface area contributed by atoms with Gasteiger partial charge in [0.1, 0.15) is 11.2 Å². The summed E-state index contributed by atoms with van der Waals surface area (Å²) in [5.74, 6) is -1.60. The van der Waals surface area contributed by atoms with Crippen molar-refractivity contribution in [1.82, 2.24) is 4.98 Å². The van der Waals surface area contributed by atoms with Gasteiger partial charge in [-0.2, -0.15) is 0 Å². The van der Waals surface area contributed by atoms with E-state index in [1.54, 1.807) is 27.7 Å². The average molecular weight is 463 g/mol. The molecule has 0 amide bonds. The maximum atomic E-state index is 11.3. The van der Waals surface area contributed by atoms with Crippen LogP contribution >= 0.6 is 0 Å². The molecule has 1 aliphatic rings. The van der Waals surface area contributed by atoms with Crippen molar-refractivity contribution in [1.29, 1.82) is 0 Å². The number of benzene rings is 1. The molecule has 0 saturated heterocycles. The summed E-state index contributed by atoms with van der Waals surface area (Å²) in [7, 11) is 0. The molecule has 8 nitrogen and oxygen atoms in total.